The van der Waals surface area contributed by atoms with E-state index < -0.39 is 0 Å². The van der Waals surface area contributed by atoms with Crippen LogP contribution in [0.15, 0.2) is 23.2 Å². The third-order valence-corrected chi connectivity index (χ3v) is 7.41. The fourth-order valence-corrected chi connectivity index (χ4v) is 5.85. The van der Waals surface area contributed by atoms with Gasteiger partial charge in [-0.15, -0.1) is 11.3 Å². The van der Waals surface area contributed by atoms with Crippen LogP contribution in [0.1, 0.15) is 78.2 Å². The summed E-state index contributed by atoms with van der Waals surface area (Å²) in [6, 6.07) is 7.78. The Balaban J connectivity index is 1.59. The van der Waals surface area contributed by atoms with Gasteiger partial charge in [0.1, 0.15) is 11.1 Å². The number of hydrogen-bond acceptors (Lipinski definition) is 6. The van der Waals surface area contributed by atoms with Crippen LogP contribution in [0.3, 0.4) is 0 Å². The second-order valence-electron chi connectivity index (χ2n) is 8.54. The van der Waals surface area contributed by atoms with E-state index in [2.05, 4.69) is 5.32 Å². The van der Waals surface area contributed by atoms with Crippen LogP contribution >= 0.6 is 11.3 Å². The Bertz CT molecular complexity index is 1050. The van der Waals surface area contributed by atoms with E-state index in [0.29, 0.717) is 18.1 Å². The Kier molecular flexibility index (Phi) is 8.01. The lowest BCUT2D eigenvalue weighted by molar-refractivity contribution is 0.0927. The van der Waals surface area contributed by atoms with Gasteiger partial charge in [0.2, 0.25) is 0 Å². The maximum atomic E-state index is 13.3. The maximum absolute atomic E-state index is 13.3. The third kappa shape index (κ3) is 5.75. The summed E-state index contributed by atoms with van der Waals surface area (Å²) >= 11 is 1.65. The molecule has 1 aromatic heterocycles. The van der Waals surface area contributed by atoms with Gasteiger partial charge in [0.25, 0.3) is 5.91 Å². The minimum Gasteiger partial charge on any atom is -0.490 e. The number of carbonyl (C=O) groups excluding carboxylic acids is 1. The van der Waals surface area contributed by atoms with E-state index in [1.165, 1.54) is 36.1 Å². The van der Waals surface area contributed by atoms with Crippen LogP contribution in [0.4, 0.5) is 5.00 Å². The molecule has 0 aliphatic heterocycles. The number of fused-ring (bicyclic) bond motifs is 1. The normalized spacial score (nSPS) is 16.2. The monoisotopic (exact) mass is 465 g/mol. The third-order valence-electron chi connectivity index (χ3n) is 6.21. The number of nitrogens with zero attached hydrogens (tertiary/aromatic N) is 2. The van der Waals surface area contributed by atoms with Gasteiger partial charge < -0.3 is 14.8 Å². The van der Waals surface area contributed by atoms with Gasteiger partial charge in [0, 0.05) is 17.1 Å². The van der Waals surface area contributed by atoms with Crippen molar-refractivity contribution in [2.24, 2.45) is 4.99 Å². The molecule has 1 N–H and O–H groups in total. The van der Waals surface area contributed by atoms with Crippen LogP contribution < -0.4 is 14.8 Å². The molecule has 4 rings (SSSR count). The Hall–Kier alpha value is -2.85. The van der Waals surface area contributed by atoms with Gasteiger partial charge in [-0.2, -0.15) is 5.26 Å². The number of ether oxygens (including phenoxy) is 2. The number of nitriles is 1. The van der Waals surface area contributed by atoms with Crippen LogP contribution in [0.2, 0.25) is 0 Å². The van der Waals surface area contributed by atoms with Crippen molar-refractivity contribution >= 4 is 28.5 Å². The number of benzene rings is 1. The number of carbonyl (C=O) groups is 1. The molecule has 7 heteroatoms. The smallest absolute Gasteiger partial charge is 0.254 e. The van der Waals surface area contributed by atoms with Gasteiger partial charge in [0.15, 0.2) is 18.1 Å². The second-order valence-corrected chi connectivity index (χ2v) is 9.63. The van der Waals surface area contributed by atoms with E-state index >= 15 is 0 Å². The maximum Gasteiger partial charge on any atom is 0.254 e. The van der Waals surface area contributed by atoms with Crippen molar-refractivity contribution in [1.82, 2.24) is 5.32 Å². The molecule has 6 nitrogen and oxygen atoms in total. The van der Waals surface area contributed by atoms with Crippen LogP contribution in [0.25, 0.3) is 0 Å². The summed E-state index contributed by atoms with van der Waals surface area (Å²) in [6.45, 7) is 2.36. The van der Waals surface area contributed by atoms with E-state index in [-0.39, 0.29) is 18.6 Å². The van der Waals surface area contributed by atoms with E-state index in [4.69, 9.17) is 19.7 Å². The molecule has 2 aliphatic carbocycles. The largest absolute Gasteiger partial charge is 0.490 e. The average molecular weight is 466 g/mol. The van der Waals surface area contributed by atoms with Crippen molar-refractivity contribution in [3.8, 4) is 17.6 Å². The lowest BCUT2D eigenvalue weighted by Gasteiger charge is -2.23. The molecule has 0 atom stereocenters. The standard InChI is InChI=1S/C26H31N3O3S/c1-2-31-22-16-18(12-13-21(22)32-15-14-27)17-28-26-24(20-10-6-7-11-23(20)33-26)25(30)29-19-8-4-3-5-9-19/h12-13,16-17,19H,2-11,15H2,1H3,(H,29,30)/b28-17-. The van der Waals surface area contributed by atoms with Crippen LogP contribution in [0.5, 0.6) is 11.5 Å². The number of hydrogen-bond donors (Lipinski definition) is 1. The number of amides is 1. The lowest BCUT2D eigenvalue weighted by atomic mass is 9.93. The highest BCUT2D eigenvalue weighted by Crippen LogP contribution is 2.40. The van der Waals surface area contributed by atoms with E-state index in [9.17, 15) is 4.79 Å². The first-order valence-corrected chi connectivity index (χ1v) is 12.8. The number of aliphatic imine (C=N–C) groups is 1. The van der Waals surface area contributed by atoms with E-state index in [1.807, 2.05) is 25.1 Å². The van der Waals surface area contributed by atoms with Gasteiger partial charge in [-0.3, -0.25) is 4.79 Å². The molecule has 174 valence electrons. The summed E-state index contributed by atoms with van der Waals surface area (Å²) < 4.78 is 11.1. The zero-order chi connectivity index (χ0) is 23.0. The van der Waals surface area contributed by atoms with Crippen LogP contribution in [-0.4, -0.2) is 31.4 Å². The molecular formula is C26H31N3O3S. The molecular weight excluding hydrogens is 434 g/mol. The molecule has 1 heterocycles. The highest BCUT2D eigenvalue weighted by atomic mass is 32.1. The van der Waals surface area contributed by atoms with Crippen molar-refractivity contribution in [3.63, 3.8) is 0 Å². The molecule has 33 heavy (non-hydrogen) atoms. The summed E-state index contributed by atoms with van der Waals surface area (Å²) in [5.74, 6) is 1.15. The molecule has 2 aromatic rings. The predicted octanol–water partition coefficient (Wildman–Crippen LogP) is 5.74. The molecule has 1 fully saturated rings. The van der Waals surface area contributed by atoms with E-state index in [1.54, 1.807) is 23.6 Å². The summed E-state index contributed by atoms with van der Waals surface area (Å²) in [6.07, 6.45) is 11.8. The number of thiophene rings is 1. The molecule has 0 unspecified atom stereocenters. The predicted molar refractivity (Wildman–Crippen MR) is 131 cm³/mol. The summed E-state index contributed by atoms with van der Waals surface area (Å²) in [5.41, 5.74) is 2.82. The Morgan fingerprint density at radius 1 is 1.18 bits per heavy atom. The molecule has 1 saturated carbocycles. The van der Waals surface area contributed by atoms with Crippen molar-refractivity contribution in [3.05, 3.63) is 39.8 Å². The Morgan fingerprint density at radius 2 is 2.00 bits per heavy atom. The zero-order valence-corrected chi connectivity index (χ0v) is 20.0. The second kappa shape index (κ2) is 11.3. The molecule has 1 aromatic carbocycles. The zero-order valence-electron chi connectivity index (χ0n) is 19.2. The minimum absolute atomic E-state index is 0.0312. The fraction of sp³-hybridized carbons (Fsp3) is 0.500. The molecule has 0 bridgehead atoms. The number of rotatable bonds is 8. The highest BCUT2D eigenvalue weighted by Gasteiger charge is 2.27. The minimum atomic E-state index is -0.0340. The fourth-order valence-electron chi connectivity index (χ4n) is 4.62. The first kappa shape index (κ1) is 23.3. The number of aryl methyl sites for hydroxylation is 1. The van der Waals surface area contributed by atoms with Gasteiger partial charge in [-0.25, -0.2) is 4.99 Å². The Morgan fingerprint density at radius 3 is 2.79 bits per heavy atom. The van der Waals surface area contributed by atoms with E-state index in [0.717, 1.165) is 48.2 Å². The average Bonchev–Trinajstić information content (AvgIpc) is 3.21. The van der Waals surface area contributed by atoms with Crippen molar-refractivity contribution < 1.29 is 14.3 Å². The van der Waals surface area contributed by atoms with Crippen molar-refractivity contribution in [2.45, 2.75) is 70.8 Å². The van der Waals surface area contributed by atoms with Crippen LogP contribution in [0, 0.1) is 11.3 Å². The Labute approximate surface area is 199 Å². The first-order valence-electron chi connectivity index (χ1n) is 12.0. The molecule has 2 aliphatic rings. The van der Waals surface area contributed by atoms with Crippen LogP contribution in [-0.2, 0) is 12.8 Å². The lowest BCUT2D eigenvalue weighted by Crippen LogP contribution is -2.36. The molecule has 0 spiro atoms. The van der Waals surface area contributed by atoms with Crippen molar-refractivity contribution in [2.75, 3.05) is 13.2 Å². The summed E-state index contributed by atoms with van der Waals surface area (Å²) in [4.78, 5) is 19.4. The van der Waals surface area contributed by atoms with Gasteiger partial charge in [-0.05, 0) is 74.8 Å². The summed E-state index contributed by atoms with van der Waals surface area (Å²) in [5, 5.41) is 12.9. The van der Waals surface area contributed by atoms with Gasteiger partial charge in [0.05, 0.1) is 12.2 Å². The van der Waals surface area contributed by atoms with Gasteiger partial charge >= 0.3 is 0 Å². The van der Waals surface area contributed by atoms with Crippen molar-refractivity contribution in [1.29, 1.82) is 5.26 Å². The number of nitrogens with one attached hydrogen (secondary N) is 1. The molecule has 0 saturated heterocycles. The molecule has 1 amide bonds. The SMILES string of the molecule is CCOc1cc(/C=N\c2sc3c(c2C(=O)NC2CCCCC2)CCCC3)ccc1OCC#N. The quantitative estimate of drug-likeness (QED) is 0.504. The topological polar surface area (TPSA) is 83.7 Å². The molecule has 0 radical (unpaired) electrons. The van der Waals surface area contributed by atoms with Gasteiger partial charge in [-0.1, -0.05) is 19.3 Å². The first-order chi connectivity index (χ1) is 16.2. The highest BCUT2D eigenvalue weighted by molar-refractivity contribution is 7.16. The summed E-state index contributed by atoms with van der Waals surface area (Å²) in [7, 11) is 0.